The largest absolute Gasteiger partial charge is 0.390 e. The maximum atomic E-state index is 14.2. The third kappa shape index (κ3) is 5.83. The van der Waals surface area contributed by atoms with Crippen LogP contribution in [0.15, 0.2) is 29.2 Å². The number of nitrogens with zero attached hydrogens (tertiary/aromatic N) is 5. The molecule has 2 saturated carbocycles. The van der Waals surface area contributed by atoms with E-state index in [-0.39, 0.29) is 11.6 Å². The molecule has 0 amide bonds. The second-order valence-electron chi connectivity index (χ2n) is 12.8. The Morgan fingerprint density at radius 2 is 1.79 bits per heavy atom. The molecule has 0 bridgehead atoms. The zero-order valence-electron chi connectivity index (χ0n) is 23.8. The van der Waals surface area contributed by atoms with Crippen molar-refractivity contribution < 1.29 is 5.11 Å². The lowest BCUT2D eigenvalue weighted by atomic mass is 9.83. The Morgan fingerprint density at radius 1 is 1.05 bits per heavy atom. The van der Waals surface area contributed by atoms with E-state index in [1.165, 1.54) is 18.4 Å². The van der Waals surface area contributed by atoms with Crippen molar-refractivity contribution in [2.75, 3.05) is 38.0 Å². The molecule has 8 nitrogen and oxygen atoms in total. The third-order valence-electron chi connectivity index (χ3n) is 9.29. The maximum absolute atomic E-state index is 14.2. The number of nitrogens with one attached hydrogen (secondary N) is 1. The third-order valence-corrected chi connectivity index (χ3v) is 9.29. The van der Waals surface area contributed by atoms with Gasteiger partial charge in [-0.3, -0.25) is 19.2 Å². The number of aliphatic hydroxyl groups is 1. The number of hydrogen-bond donors (Lipinski definition) is 2. The van der Waals surface area contributed by atoms with Gasteiger partial charge in [0.1, 0.15) is 5.65 Å². The predicted octanol–water partition coefficient (Wildman–Crippen LogP) is 4.55. The molecule has 0 spiro atoms. The van der Waals surface area contributed by atoms with E-state index < -0.39 is 5.60 Å². The fourth-order valence-electron chi connectivity index (χ4n) is 6.47. The molecular weight excluding hydrogens is 488 g/mol. The van der Waals surface area contributed by atoms with Crippen LogP contribution in [0.1, 0.15) is 77.3 Å². The first-order chi connectivity index (χ1) is 18.8. The van der Waals surface area contributed by atoms with E-state index in [0.717, 1.165) is 80.6 Å². The number of rotatable bonds is 8. The number of fused-ring (bicyclic) bond motifs is 3. The minimum absolute atomic E-state index is 0.0200. The second-order valence-corrected chi connectivity index (χ2v) is 12.8. The van der Waals surface area contributed by atoms with Crippen molar-refractivity contribution in [3.05, 3.63) is 40.3 Å². The monoisotopic (exact) mass is 532 g/mol. The Balaban J connectivity index is 1.35. The zero-order chi connectivity index (χ0) is 27.1. The molecule has 3 aromatic rings. The minimum atomic E-state index is -0.663. The van der Waals surface area contributed by atoms with Gasteiger partial charge in [-0.2, -0.15) is 4.98 Å². The summed E-state index contributed by atoms with van der Waals surface area (Å²) in [6, 6.07) is 6.97. The van der Waals surface area contributed by atoms with Crippen LogP contribution in [0.2, 0.25) is 0 Å². The van der Waals surface area contributed by atoms with Gasteiger partial charge in [0.25, 0.3) is 5.56 Å². The molecule has 3 aliphatic rings. The van der Waals surface area contributed by atoms with Crippen LogP contribution in [0.5, 0.6) is 0 Å². The molecule has 0 radical (unpaired) electrons. The summed E-state index contributed by atoms with van der Waals surface area (Å²) in [6.07, 6.45) is 8.58. The highest BCUT2D eigenvalue weighted by Gasteiger charge is 2.31. The van der Waals surface area contributed by atoms with Crippen molar-refractivity contribution in [2.24, 2.45) is 5.92 Å². The molecular formula is C31H44N6O2. The van der Waals surface area contributed by atoms with Gasteiger partial charge >= 0.3 is 0 Å². The maximum Gasteiger partial charge on any atom is 0.260 e. The summed E-state index contributed by atoms with van der Waals surface area (Å²) in [5, 5.41) is 16.6. The standard InChI is InChI=1S/C31H44N6O2/c1-21(2)36-16-14-35(15-17-36)20-23-6-7-25-26(18-23)29(38)37(24-8-11-31(3,39)12-9-24)28-27(25)19-33-30(34-28)32-13-10-22-4-5-22/h6-7,18-19,21-22,24,39H,4-5,8-17,20H2,1-3H3,(H,32,33,34). The van der Waals surface area contributed by atoms with Crippen LogP contribution in [-0.2, 0) is 6.54 Å². The molecule has 0 unspecified atom stereocenters. The molecule has 39 heavy (non-hydrogen) atoms. The normalized spacial score (nSPS) is 25.1. The van der Waals surface area contributed by atoms with Crippen LogP contribution in [-0.4, -0.2) is 73.8 Å². The second kappa shape index (κ2) is 10.8. The van der Waals surface area contributed by atoms with E-state index in [0.29, 0.717) is 30.5 Å². The molecule has 1 aliphatic heterocycles. The fourth-order valence-corrected chi connectivity index (χ4v) is 6.47. The number of piperazine rings is 1. The van der Waals surface area contributed by atoms with Crippen molar-refractivity contribution in [1.29, 1.82) is 0 Å². The molecule has 3 fully saturated rings. The first kappa shape index (κ1) is 26.7. The molecule has 1 saturated heterocycles. The van der Waals surface area contributed by atoms with Crippen molar-refractivity contribution in [3.63, 3.8) is 0 Å². The number of hydrogen-bond acceptors (Lipinski definition) is 7. The fraction of sp³-hybridized carbons (Fsp3) is 0.645. The lowest BCUT2D eigenvalue weighted by molar-refractivity contribution is 0.0100. The summed E-state index contributed by atoms with van der Waals surface area (Å²) in [7, 11) is 0. The molecule has 1 aromatic carbocycles. The van der Waals surface area contributed by atoms with Crippen LogP contribution in [0.3, 0.4) is 0 Å². The Kier molecular flexibility index (Phi) is 7.37. The van der Waals surface area contributed by atoms with E-state index >= 15 is 0 Å². The van der Waals surface area contributed by atoms with E-state index in [1.54, 1.807) is 0 Å². The Bertz CT molecular complexity index is 1380. The number of benzene rings is 1. The topological polar surface area (TPSA) is 86.5 Å². The van der Waals surface area contributed by atoms with Gasteiger partial charge in [-0.1, -0.05) is 25.0 Å². The van der Waals surface area contributed by atoms with E-state index in [4.69, 9.17) is 4.98 Å². The number of anilines is 1. The molecule has 0 atom stereocenters. The average Bonchev–Trinajstić information content (AvgIpc) is 3.74. The van der Waals surface area contributed by atoms with Crippen LogP contribution < -0.4 is 10.9 Å². The summed E-state index contributed by atoms with van der Waals surface area (Å²) < 4.78 is 1.92. The SMILES string of the molecule is CC(C)N1CCN(Cc2ccc3c(c2)c(=O)n(C2CCC(C)(O)CC2)c2nc(NCCC4CC4)ncc32)CC1. The summed E-state index contributed by atoms with van der Waals surface area (Å²) in [5.41, 5.74) is 1.25. The van der Waals surface area contributed by atoms with Crippen molar-refractivity contribution >= 4 is 27.8 Å². The Labute approximate surface area is 231 Å². The van der Waals surface area contributed by atoms with Gasteiger partial charge in [0.15, 0.2) is 0 Å². The minimum Gasteiger partial charge on any atom is -0.390 e. The van der Waals surface area contributed by atoms with Gasteiger partial charge in [0, 0.05) is 68.3 Å². The summed E-state index contributed by atoms with van der Waals surface area (Å²) in [4.78, 5) is 28.8. The molecule has 3 heterocycles. The van der Waals surface area contributed by atoms with Gasteiger partial charge in [0.2, 0.25) is 5.95 Å². The quantitative estimate of drug-likeness (QED) is 0.412. The van der Waals surface area contributed by atoms with Gasteiger partial charge in [0.05, 0.1) is 5.60 Å². The van der Waals surface area contributed by atoms with Gasteiger partial charge < -0.3 is 10.4 Å². The van der Waals surface area contributed by atoms with Crippen LogP contribution in [0, 0.1) is 5.92 Å². The molecule has 2 aliphatic carbocycles. The first-order valence-electron chi connectivity index (χ1n) is 15.0. The zero-order valence-corrected chi connectivity index (χ0v) is 23.8. The van der Waals surface area contributed by atoms with Crippen molar-refractivity contribution in [2.45, 2.75) is 89.9 Å². The lowest BCUT2D eigenvalue weighted by Gasteiger charge is -2.37. The van der Waals surface area contributed by atoms with Crippen LogP contribution >= 0.6 is 0 Å². The van der Waals surface area contributed by atoms with Crippen molar-refractivity contribution in [1.82, 2.24) is 24.3 Å². The highest BCUT2D eigenvalue weighted by molar-refractivity contribution is 6.04. The average molecular weight is 533 g/mol. The lowest BCUT2D eigenvalue weighted by Crippen LogP contribution is -2.48. The highest BCUT2D eigenvalue weighted by atomic mass is 16.3. The Hall–Kier alpha value is -2.55. The van der Waals surface area contributed by atoms with Gasteiger partial charge in [-0.05, 0) is 75.8 Å². The number of pyridine rings is 1. The Morgan fingerprint density at radius 3 is 2.49 bits per heavy atom. The number of aromatic nitrogens is 3. The van der Waals surface area contributed by atoms with Crippen LogP contribution in [0.25, 0.3) is 21.8 Å². The summed E-state index contributed by atoms with van der Waals surface area (Å²) in [5.74, 6) is 1.43. The predicted molar refractivity (Wildman–Crippen MR) is 157 cm³/mol. The first-order valence-corrected chi connectivity index (χ1v) is 15.0. The smallest absolute Gasteiger partial charge is 0.260 e. The van der Waals surface area contributed by atoms with Gasteiger partial charge in [-0.25, -0.2) is 4.98 Å². The van der Waals surface area contributed by atoms with E-state index in [2.05, 4.69) is 52.1 Å². The molecule has 6 rings (SSSR count). The van der Waals surface area contributed by atoms with Crippen LogP contribution in [0.4, 0.5) is 5.95 Å². The highest BCUT2D eigenvalue weighted by Crippen LogP contribution is 2.36. The van der Waals surface area contributed by atoms with E-state index in [9.17, 15) is 9.90 Å². The van der Waals surface area contributed by atoms with E-state index in [1.807, 2.05) is 17.7 Å². The molecule has 2 N–H and O–H groups in total. The molecule has 8 heteroatoms. The summed E-state index contributed by atoms with van der Waals surface area (Å²) in [6.45, 7) is 12.4. The summed E-state index contributed by atoms with van der Waals surface area (Å²) >= 11 is 0. The van der Waals surface area contributed by atoms with Gasteiger partial charge in [-0.15, -0.1) is 0 Å². The van der Waals surface area contributed by atoms with Crippen molar-refractivity contribution in [3.8, 4) is 0 Å². The molecule has 2 aromatic heterocycles. The molecule has 210 valence electrons.